The second-order valence-electron chi connectivity index (χ2n) is 5.78. The molecule has 6 heteroatoms. The van der Waals surface area contributed by atoms with Crippen molar-refractivity contribution in [3.63, 3.8) is 0 Å². The molecule has 21 heavy (non-hydrogen) atoms. The lowest BCUT2D eigenvalue weighted by Crippen LogP contribution is -2.23. The molecule has 6 nitrogen and oxygen atoms in total. The molecule has 1 unspecified atom stereocenters. The fourth-order valence-electron chi connectivity index (χ4n) is 2.80. The van der Waals surface area contributed by atoms with Gasteiger partial charge in [0.05, 0.1) is 13.2 Å². The van der Waals surface area contributed by atoms with E-state index in [2.05, 4.69) is 17.3 Å². The van der Waals surface area contributed by atoms with Gasteiger partial charge in [0.15, 0.2) is 5.82 Å². The van der Waals surface area contributed by atoms with E-state index >= 15 is 0 Å². The minimum absolute atomic E-state index is 0.148. The first-order valence-electron chi connectivity index (χ1n) is 7.81. The number of anilines is 2. The Bertz CT molecular complexity index is 492. The van der Waals surface area contributed by atoms with E-state index in [4.69, 9.17) is 10.5 Å². The minimum Gasteiger partial charge on any atom is -0.465 e. The molecule has 1 aliphatic carbocycles. The minimum atomic E-state index is -0.430. The van der Waals surface area contributed by atoms with Gasteiger partial charge in [-0.1, -0.05) is 26.2 Å². The number of aromatic nitrogens is 2. The van der Waals surface area contributed by atoms with E-state index in [0.717, 1.165) is 19.3 Å². The smallest absolute Gasteiger partial charge is 0.345 e. The number of nitrogens with zero attached hydrogens (tertiary/aromatic N) is 2. The lowest BCUT2D eigenvalue weighted by Gasteiger charge is -2.22. The Balaban J connectivity index is 2.30. The van der Waals surface area contributed by atoms with Crippen molar-refractivity contribution in [2.45, 2.75) is 64.5 Å². The lowest BCUT2D eigenvalue weighted by atomic mass is 9.95. The second kappa shape index (κ2) is 6.83. The van der Waals surface area contributed by atoms with E-state index in [1.807, 2.05) is 6.92 Å². The maximum Gasteiger partial charge on any atom is 0.345 e. The quantitative estimate of drug-likeness (QED) is 0.816. The van der Waals surface area contributed by atoms with E-state index in [1.165, 1.54) is 26.4 Å². The Morgan fingerprint density at radius 1 is 1.48 bits per heavy atom. The largest absolute Gasteiger partial charge is 0.465 e. The number of carbonyl (C=O) groups is 1. The summed E-state index contributed by atoms with van der Waals surface area (Å²) >= 11 is 0. The number of carbonyl (C=O) groups excluding carboxylic acids is 1. The highest BCUT2D eigenvalue weighted by molar-refractivity contribution is 5.99. The lowest BCUT2D eigenvalue weighted by molar-refractivity contribution is 0.0603. The highest BCUT2D eigenvalue weighted by Crippen LogP contribution is 2.29. The molecular weight excluding hydrogens is 268 g/mol. The molecule has 0 bridgehead atoms. The summed E-state index contributed by atoms with van der Waals surface area (Å²) in [5.74, 6) is 0.515. The molecule has 0 amide bonds. The number of hydrogen-bond donors (Lipinski definition) is 2. The SMILES string of the molecule is CCC(C)n1nc(NC2CCCCC2)c(C(=O)OC)c1N. The number of methoxy groups -OCH3 is 1. The summed E-state index contributed by atoms with van der Waals surface area (Å²) in [5, 5.41) is 7.92. The van der Waals surface area contributed by atoms with Crippen molar-refractivity contribution in [1.29, 1.82) is 0 Å². The number of esters is 1. The van der Waals surface area contributed by atoms with Crippen LogP contribution in [0.2, 0.25) is 0 Å². The van der Waals surface area contributed by atoms with Gasteiger partial charge in [-0.05, 0) is 26.2 Å². The van der Waals surface area contributed by atoms with Crippen LogP contribution in [0.15, 0.2) is 0 Å². The summed E-state index contributed by atoms with van der Waals surface area (Å²) in [6.45, 7) is 4.10. The van der Waals surface area contributed by atoms with Crippen LogP contribution >= 0.6 is 0 Å². The van der Waals surface area contributed by atoms with E-state index in [1.54, 1.807) is 4.68 Å². The zero-order chi connectivity index (χ0) is 15.4. The van der Waals surface area contributed by atoms with Gasteiger partial charge in [0.1, 0.15) is 11.4 Å². The average molecular weight is 294 g/mol. The molecule has 1 aromatic rings. The van der Waals surface area contributed by atoms with E-state index in [-0.39, 0.29) is 6.04 Å². The molecular formula is C15H26N4O2. The molecule has 118 valence electrons. The van der Waals surface area contributed by atoms with E-state index < -0.39 is 5.97 Å². The van der Waals surface area contributed by atoms with Gasteiger partial charge in [0, 0.05) is 6.04 Å². The number of nitrogens with two attached hydrogens (primary N) is 1. The van der Waals surface area contributed by atoms with Crippen LogP contribution in [0.3, 0.4) is 0 Å². The van der Waals surface area contributed by atoms with Crippen LogP contribution in [-0.2, 0) is 4.74 Å². The maximum atomic E-state index is 12.0. The molecule has 1 aliphatic rings. The van der Waals surface area contributed by atoms with Gasteiger partial charge in [0.25, 0.3) is 0 Å². The van der Waals surface area contributed by atoms with Gasteiger partial charge < -0.3 is 15.8 Å². The number of nitrogens with one attached hydrogen (secondary N) is 1. The molecule has 1 heterocycles. The zero-order valence-corrected chi connectivity index (χ0v) is 13.2. The molecule has 2 rings (SSSR count). The highest BCUT2D eigenvalue weighted by atomic mass is 16.5. The Labute approximate surface area is 126 Å². The third-order valence-electron chi connectivity index (χ3n) is 4.29. The molecule has 0 spiro atoms. The summed E-state index contributed by atoms with van der Waals surface area (Å²) in [5.41, 5.74) is 6.49. The van der Waals surface area contributed by atoms with E-state index in [0.29, 0.717) is 23.2 Å². The molecule has 3 N–H and O–H groups in total. The van der Waals surface area contributed by atoms with Crippen LogP contribution in [0, 0.1) is 0 Å². The van der Waals surface area contributed by atoms with Gasteiger partial charge in [-0.25, -0.2) is 9.48 Å². The first-order valence-corrected chi connectivity index (χ1v) is 7.81. The van der Waals surface area contributed by atoms with Crippen LogP contribution in [0.5, 0.6) is 0 Å². The van der Waals surface area contributed by atoms with Crippen molar-refractivity contribution >= 4 is 17.6 Å². The molecule has 1 aromatic heterocycles. The van der Waals surface area contributed by atoms with Gasteiger partial charge >= 0.3 is 5.97 Å². The van der Waals surface area contributed by atoms with Crippen molar-refractivity contribution in [3.05, 3.63) is 5.56 Å². The van der Waals surface area contributed by atoms with E-state index in [9.17, 15) is 4.79 Å². The number of hydrogen-bond acceptors (Lipinski definition) is 5. The van der Waals surface area contributed by atoms with Crippen molar-refractivity contribution in [2.75, 3.05) is 18.2 Å². The summed E-state index contributed by atoms with van der Waals surface area (Å²) < 4.78 is 6.58. The third-order valence-corrected chi connectivity index (χ3v) is 4.29. The first-order chi connectivity index (χ1) is 10.1. The molecule has 1 saturated carbocycles. The van der Waals surface area contributed by atoms with Crippen LogP contribution in [0.25, 0.3) is 0 Å². The number of nitrogen functional groups attached to an aromatic ring is 1. The summed E-state index contributed by atoms with van der Waals surface area (Å²) in [6, 6.07) is 0.511. The van der Waals surface area contributed by atoms with Crippen molar-refractivity contribution in [1.82, 2.24) is 9.78 Å². The fraction of sp³-hybridized carbons (Fsp3) is 0.733. The zero-order valence-electron chi connectivity index (χ0n) is 13.2. The van der Waals surface area contributed by atoms with Gasteiger partial charge in [-0.3, -0.25) is 0 Å². The van der Waals surface area contributed by atoms with Crippen molar-refractivity contribution in [2.24, 2.45) is 0 Å². The monoisotopic (exact) mass is 294 g/mol. The van der Waals surface area contributed by atoms with Gasteiger partial charge in [-0.15, -0.1) is 0 Å². The molecule has 0 radical (unpaired) electrons. The number of rotatable bonds is 5. The highest BCUT2D eigenvalue weighted by Gasteiger charge is 2.26. The predicted molar refractivity (Wildman–Crippen MR) is 83.5 cm³/mol. The van der Waals surface area contributed by atoms with Crippen LogP contribution in [0.1, 0.15) is 68.8 Å². The average Bonchev–Trinajstić information content (AvgIpc) is 2.83. The molecule has 0 saturated heterocycles. The van der Waals surface area contributed by atoms with Crippen molar-refractivity contribution < 1.29 is 9.53 Å². The number of ether oxygens (including phenoxy) is 1. The normalized spacial score (nSPS) is 17.5. The molecule has 0 aromatic carbocycles. The standard InChI is InChI=1S/C15H26N4O2/c1-4-10(2)19-13(16)12(15(20)21-3)14(18-19)17-11-8-6-5-7-9-11/h10-11H,4-9,16H2,1-3H3,(H,17,18). The molecule has 1 fully saturated rings. The topological polar surface area (TPSA) is 82.2 Å². The molecule has 1 atom stereocenters. The summed E-state index contributed by atoms with van der Waals surface area (Å²) in [4.78, 5) is 12.0. The predicted octanol–water partition coefficient (Wildman–Crippen LogP) is 2.97. The van der Waals surface area contributed by atoms with Crippen LogP contribution < -0.4 is 11.1 Å². The van der Waals surface area contributed by atoms with Crippen LogP contribution in [0.4, 0.5) is 11.6 Å². The Morgan fingerprint density at radius 3 is 2.71 bits per heavy atom. The van der Waals surface area contributed by atoms with Crippen LogP contribution in [-0.4, -0.2) is 28.9 Å². The van der Waals surface area contributed by atoms with Crippen molar-refractivity contribution in [3.8, 4) is 0 Å². The molecule has 0 aliphatic heterocycles. The Kier molecular flexibility index (Phi) is 5.09. The third kappa shape index (κ3) is 3.31. The maximum absolute atomic E-state index is 12.0. The Morgan fingerprint density at radius 2 is 2.14 bits per heavy atom. The van der Waals surface area contributed by atoms with Gasteiger partial charge in [-0.2, -0.15) is 5.10 Å². The van der Waals surface area contributed by atoms with Gasteiger partial charge in [0.2, 0.25) is 0 Å². The fourth-order valence-corrected chi connectivity index (χ4v) is 2.80. The summed E-state index contributed by atoms with van der Waals surface area (Å²) in [7, 11) is 1.37. The first kappa shape index (κ1) is 15.7. The second-order valence-corrected chi connectivity index (χ2v) is 5.78. The Hall–Kier alpha value is -1.72. The summed E-state index contributed by atoms with van der Waals surface area (Å²) in [6.07, 6.45) is 6.83.